The van der Waals surface area contributed by atoms with Gasteiger partial charge in [-0.25, -0.2) is 8.78 Å². The van der Waals surface area contributed by atoms with E-state index in [1.165, 1.54) is 0 Å². The van der Waals surface area contributed by atoms with Gasteiger partial charge in [-0.2, -0.15) is 0 Å². The number of piperidine rings is 1. The fourth-order valence-electron chi connectivity index (χ4n) is 2.34. The molecule has 1 N–H and O–H groups in total. The van der Waals surface area contributed by atoms with E-state index >= 15 is 0 Å². The first-order valence-corrected chi connectivity index (χ1v) is 6.23. The number of hydrogen-bond acceptors (Lipinski definition) is 2. The second-order valence-electron chi connectivity index (χ2n) is 5.05. The van der Waals surface area contributed by atoms with Crippen LogP contribution in [-0.2, 0) is 11.2 Å². The van der Waals surface area contributed by atoms with Crippen LogP contribution in [0.25, 0.3) is 0 Å². The van der Waals surface area contributed by atoms with E-state index in [-0.39, 0.29) is 17.8 Å². The van der Waals surface area contributed by atoms with Crippen molar-refractivity contribution in [1.29, 1.82) is 0 Å². The molecular formula is C14H17F2NO. The molecule has 0 bridgehead atoms. The van der Waals surface area contributed by atoms with Crippen LogP contribution in [0, 0.1) is 11.6 Å². The molecule has 1 aliphatic heterocycles. The first kappa shape index (κ1) is 13.1. The highest BCUT2D eigenvalue weighted by molar-refractivity contribution is 5.90. The average Bonchev–Trinajstić information content (AvgIpc) is 2.35. The van der Waals surface area contributed by atoms with E-state index in [9.17, 15) is 13.6 Å². The molecule has 0 spiro atoms. The van der Waals surface area contributed by atoms with Crippen LogP contribution in [0.5, 0.6) is 0 Å². The maximum Gasteiger partial charge on any atom is 0.157 e. The molecule has 1 aliphatic rings. The van der Waals surface area contributed by atoms with Crippen LogP contribution in [0.2, 0.25) is 0 Å². The van der Waals surface area contributed by atoms with Gasteiger partial charge in [0.25, 0.3) is 0 Å². The summed E-state index contributed by atoms with van der Waals surface area (Å²) in [7, 11) is 0. The van der Waals surface area contributed by atoms with Crippen LogP contribution >= 0.6 is 0 Å². The quantitative estimate of drug-likeness (QED) is 0.897. The zero-order valence-electron chi connectivity index (χ0n) is 10.4. The molecule has 18 heavy (non-hydrogen) atoms. The zero-order valence-corrected chi connectivity index (χ0v) is 10.4. The predicted molar refractivity (Wildman–Crippen MR) is 65.3 cm³/mol. The second-order valence-corrected chi connectivity index (χ2v) is 5.05. The number of halogens is 2. The van der Waals surface area contributed by atoms with E-state index in [2.05, 4.69) is 5.32 Å². The van der Waals surface area contributed by atoms with Gasteiger partial charge in [-0.3, -0.25) is 4.79 Å². The molecule has 4 heteroatoms. The molecule has 1 atom stereocenters. The molecule has 1 aromatic carbocycles. The average molecular weight is 253 g/mol. The highest BCUT2D eigenvalue weighted by Crippen LogP contribution is 2.22. The monoisotopic (exact) mass is 253 g/mol. The molecule has 1 aromatic rings. The van der Waals surface area contributed by atoms with Crippen LogP contribution in [-0.4, -0.2) is 17.9 Å². The van der Waals surface area contributed by atoms with Gasteiger partial charge in [0.2, 0.25) is 0 Å². The Morgan fingerprint density at radius 2 is 2.17 bits per heavy atom. The zero-order chi connectivity index (χ0) is 13.2. The van der Waals surface area contributed by atoms with Gasteiger partial charge < -0.3 is 5.32 Å². The third-order valence-electron chi connectivity index (χ3n) is 3.59. The number of Topliss-reactive ketones (excluding diaryl/α,β-unsaturated/α-hetero) is 1. The molecule has 0 aliphatic carbocycles. The van der Waals surface area contributed by atoms with Crippen LogP contribution in [0.15, 0.2) is 18.2 Å². The van der Waals surface area contributed by atoms with Crippen LogP contribution in [0.3, 0.4) is 0 Å². The molecule has 1 saturated heterocycles. The van der Waals surface area contributed by atoms with E-state index in [4.69, 9.17) is 0 Å². The highest BCUT2D eigenvalue weighted by Gasteiger charge is 2.34. The Morgan fingerprint density at radius 1 is 1.39 bits per heavy atom. The molecular weight excluding hydrogens is 236 g/mol. The first-order valence-electron chi connectivity index (χ1n) is 6.23. The lowest BCUT2D eigenvalue weighted by atomic mass is 9.84. The highest BCUT2D eigenvalue weighted by atomic mass is 19.1. The molecule has 0 saturated carbocycles. The van der Waals surface area contributed by atoms with Crippen molar-refractivity contribution in [1.82, 2.24) is 5.32 Å². The Bertz CT molecular complexity index is 453. The van der Waals surface area contributed by atoms with Crippen LogP contribution in [0.4, 0.5) is 8.78 Å². The fourth-order valence-corrected chi connectivity index (χ4v) is 2.34. The summed E-state index contributed by atoms with van der Waals surface area (Å²) in [4.78, 5) is 12.2. The van der Waals surface area contributed by atoms with Crippen molar-refractivity contribution < 1.29 is 13.6 Å². The van der Waals surface area contributed by atoms with Crippen molar-refractivity contribution in [3.05, 3.63) is 35.4 Å². The molecule has 1 heterocycles. The number of ketones is 1. The summed E-state index contributed by atoms with van der Waals surface area (Å²) in [6.07, 6.45) is 2.73. The minimum absolute atomic E-state index is 0.0624. The SMILES string of the molecule is CC1(C(=O)Cc2cc(F)ccc2F)CCCCN1. The number of rotatable bonds is 3. The molecule has 1 fully saturated rings. The molecule has 0 aromatic heterocycles. The van der Waals surface area contributed by atoms with Crippen molar-refractivity contribution in [3.8, 4) is 0 Å². The van der Waals surface area contributed by atoms with E-state index in [1.54, 1.807) is 0 Å². The van der Waals surface area contributed by atoms with E-state index in [1.807, 2.05) is 6.92 Å². The smallest absolute Gasteiger partial charge is 0.157 e. The third kappa shape index (κ3) is 2.75. The third-order valence-corrected chi connectivity index (χ3v) is 3.59. The molecule has 2 rings (SSSR count). The van der Waals surface area contributed by atoms with Gasteiger partial charge in [-0.1, -0.05) is 0 Å². The summed E-state index contributed by atoms with van der Waals surface area (Å²) in [5.41, 5.74) is -0.467. The van der Waals surface area contributed by atoms with Gasteiger partial charge in [0.05, 0.1) is 5.54 Å². The van der Waals surface area contributed by atoms with Gasteiger partial charge in [0, 0.05) is 6.42 Å². The molecule has 98 valence electrons. The summed E-state index contributed by atoms with van der Waals surface area (Å²) in [5, 5.41) is 3.18. The number of carbonyl (C=O) groups is 1. The van der Waals surface area contributed by atoms with Gasteiger partial charge in [-0.05, 0) is 56.5 Å². The first-order chi connectivity index (χ1) is 8.51. The van der Waals surface area contributed by atoms with Gasteiger partial charge in [-0.15, -0.1) is 0 Å². The summed E-state index contributed by atoms with van der Waals surface area (Å²) in [6, 6.07) is 3.22. The van der Waals surface area contributed by atoms with Crippen molar-refractivity contribution in [2.75, 3.05) is 6.54 Å². The summed E-state index contributed by atoms with van der Waals surface area (Å²) < 4.78 is 26.5. The number of benzene rings is 1. The lowest BCUT2D eigenvalue weighted by Gasteiger charge is -2.33. The molecule has 2 nitrogen and oxygen atoms in total. The fraction of sp³-hybridized carbons (Fsp3) is 0.500. The van der Waals surface area contributed by atoms with E-state index in [0.717, 1.165) is 44.0 Å². The van der Waals surface area contributed by atoms with Crippen LogP contribution in [0.1, 0.15) is 31.7 Å². The normalized spacial score (nSPS) is 23.9. The standard InChI is InChI=1S/C14H17F2NO/c1-14(6-2-3-7-17-14)13(18)9-10-8-11(15)4-5-12(10)16/h4-5,8,17H,2-3,6-7,9H2,1H3. The lowest BCUT2D eigenvalue weighted by Crippen LogP contribution is -2.52. The number of nitrogens with one attached hydrogen (secondary N) is 1. The molecule has 1 unspecified atom stereocenters. The Balaban J connectivity index is 2.13. The summed E-state index contributed by atoms with van der Waals surface area (Å²) >= 11 is 0. The summed E-state index contributed by atoms with van der Waals surface area (Å²) in [6.45, 7) is 2.64. The van der Waals surface area contributed by atoms with Crippen molar-refractivity contribution in [2.45, 2.75) is 38.1 Å². The van der Waals surface area contributed by atoms with E-state index in [0.29, 0.717) is 0 Å². The van der Waals surface area contributed by atoms with Gasteiger partial charge >= 0.3 is 0 Å². The van der Waals surface area contributed by atoms with Crippen LogP contribution < -0.4 is 5.32 Å². The maximum atomic E-state index is 13.5. The van der Waals surface area contributed by atoms with Gasteiger partial charge in [0.15, 0.2) is 5.78 Å². The summed E-state index contributed by atoms with van der Waals surface area (Å²) in [5.74, 6) is -1.11. The second kappa shape index (κ2) is 5.14. The van der Waals surface area contributed by atoms with Crippen molar-refractivity contribution in [2.24, 2.45) is 0 Å². The minimum atomic E-state index is -0.600. The maximum absolute atomic E-state index is 13.5. The Labute approximate surface area is 105 Å². The Morgan fingerprint density at radius 3 is 2.83 bits per heavy atom. The molecule has 0 radical (unpaired) electrons. The Kier molecular flexibility index (Phi) is 3.76. The van der Waals surface area contributed by atoms with Crippen molar-refractivity contribution in [3.63, 3.8) is 0 Å². The minimum Gasteiger partial charge on any atom is -0.305 e. The van der Waals surface area contributed by atoms with E-state index < -0.39 is 17.2 Å². The lowest BCUT2D eigenvalue weighted by molar-refractivity contribution is -0.125. The van der Waals surface area contributed by atoms with Crippen molar-refractivity contribution >= 4 is 5.78 Å². The van der Waals surface area contributed by atoms with Gasteiger partial charge in [0.1, 0.15) is 11.6 Å². The topological polar surface area (TPSA) is 29.1 Å². The molecule has 0 amide bonds. The largest absolute Gasteiger partial charge is 0.305 e. The number of hydrogen-bond donors (Lipinski definition) is 1. The number of carbonyl (C=O) groups excluding carboxylic acids is 1. The predicted octanol–water partition coefficient (Wildman–Crippen LogP) is 2.61. The Hall–Kier alpha value is -1.29.